The average molecular weight is 562 g/mol. The lowest BCUT2D eigenvalue weighted by atomic mass is 10.00. The zero-order valence-corrected chi connectivity index (χ0v) is 27.2. The molecular weight excluding hydrogens is 502 g/mol. The van der Waals surface area contributed by atoms with Gasteiger partial charge in [0.15, 0.2) is 0 Å². The van der Waals surface area contributed by atoms with Gasteiger partial charge in [0, 0.05) is 20.1 Å². The normalized spacial score (nSPS) is 25.5. The summed E-state index contributed by atoms with van der Waals surface area (Å²) in [5.74, 6) is 0.362. The zero-order valence-electron chi connectivity index (χ0n) is 25.3. The summed E-state index contributed by atoms with van der Waals surface area (Å²) in [6.45, 7) is 8.45. The minimum Gasteiger partial charge on any atom is -0.462 e. The fourth-order valence-corrected chi connectivity index (χ4v) is 13.1. The van der Waals surface area contributed by atoms with Crippen molar-refractivity contribution in [2.45, 2.75) is 153 Å². The monoisotopic (exact) mass is 561 g/mol. The van der Waals surface area contributed by atoms with Crippen LogP contribution in [-0.2, 0) is 9.53 Å². The molecule has 0 spiro atoms. The molecule has 4 aliphatic carbocycles. The first kappa shape index (κ1) is 32.1. The van der Waals surface area contributed by atoms with Gasteiger partial charge in [0.1, 0.15) is 6.10 Å². The van der Waals surface area contributed by atoms with Crippen LogP contribution in [-0.4, -0.2) is 42.4 Å². The van der Waals surface area contributed by atoms with Crippen molar-refractivity contribution in [1.82, 2.24) is 0 Å². The molecule has 1 aromatic carbocycles. The summed E-state index contributed by atoms with van der Waals surface area (Å²) < 4.78 is 5.47. The fourth-order valence-electron chi connectivity index (χ4n) is 7.43. The van der Waals surface area contributed by atoms with Gasteiger partial charge in [-0.05, 0) is 75.3 Å². The molecule has 4 aliphatic rings. The number of carbonyl (C=O) groups is 1. The Hall–Kier alpha value is -0.450. The molecule has 2 unspecified atom stereocenters. The van der Waals surface area contributed by atoms with Crippen molar-refractivity contribution < 1.29 is 9.53 Å². The summed E-state index contributed by atoms with van der Waals surface area (Å²) in [4.78, 5) is 11.2. The van der Waals surface area contributed by atoms with Gasteiger partial charge in [0.2, 0.25) is 0 Å². The molecule has 38 heavy (non-hydrogen) atoms. The third-order valence-electron chi connectivity index (χ3n) is 9.67. The van der Waals surface area contributed by atoms with Gasteiger partial charge >= 0.3 is 5.97 Å². The largest absolute Gasteiger partial charge is 0.462 e. The van der Waals surface area contributed by atoms with E-state index in [1.807, 2.05) is 0 Å². The highest BCUT2D eigenvalue weighted by Gasteiger charge is 2.48. The second-order valence-electron chi connectivity index (χ2n) is 13.0. The molecule has 0 heterocycles. The average Bonchev–Trinajstić information content (AvgIpc) is 3.67. The fraction of sp³-hybridized carbons (Fsp3) is 0.794. The van der Waals surface area contributed by atoms with Gasteiger partial charge in [-0.2, -0.15) is 0 Å². The number of esters is 1. The molecule has 0 N–H and O–H groups in total. The van der Waals surface area contributed by atoms with Gasteiger partial charge in [-0.15, -0.1) is 8.58 Å². The quantitative estimate of drug-likeness (QED) is 0.255. The third kappa shape index (κ3) is 10.8. The lowest BCUT2D eigenvalue weighted by molar-refractivity contribution is -0.147. The van der Waals surface area contributed by atoms with E-state index < -0.39 is 7.26 Å². The van der Waals surface area contributed by atoms with Crippen LogP contribution in [0.15, 0.2) is 30.3 Å². The van der Waals surface area contributed by atoms with Crippen LogP contribution < -0.4 is 5.30 Å². The summed E-state index contributed by atoms with van der Waals surface area (Å²) >= 11 is 0. The molecule has 0 aromatic heterocycles. The molecule has 2 nitrogen and oxygen atoms in total. The zero-order chi connectivity index (χ0) is 27.2. The number of ether oxygens (including phenoxy) is 1. The predicted octanol–water partition coefficient (Wildman–Crippen LogP) is 9.99. The number of rotatable bonds is 6. The summed E-state index contributed by atoms with van der Waals surface area (Å²) in [6, 6.07) is 10.9. The van der Waals surface area contributed by atoms with Gasteiger partial charge in [0.25, 0.3) is 0 Å². The molecule has 0 aliphatic heterocycles. The van der Waals surface area contributed by atoms with Crippen LogP contribution in [0.4, 0.5) is 0 Å². The molecule has 4 fully saturated rings. The van der Waals surface area contributed by atoms with E-state index in [9.17, 15) is 4.79 Å². The van der Waals surface area contributed by atoms with Gasteiger partial charge < -0.3 is 4.74 Å². The van der Waals surface area contributed by atoms with Crippen molar-refractivity contribution in [3.8, 4) is 0 Å². The molecule has 4 saturated carbocycles. The molecule has 1 aromatic rings. The van der Waals surface area contributed by atoms with Gasteiger partial charge in [-0.3, -0.25) is 4.79 Å². The first-order valence-electron chi connectivity index (χ1n) is 16.2. The van der Waals surface area contributed by atoms with Crippen LogP contribution in [0.2, 0.25) is 0 Å². The number of hydrogen-bond acceptors (Lipinski definition) is 2. The second-order valence-corrected chi connectivity index (χ2v) is 19.2. The molecular formula is C34H59O2P2+. The van der Waals surface area contributed by atoms with Crippen molar-refractivity contribution >= 4 is 27.1 Å². The Balaban J connectivity index is 0.000000188. The summed E-state index contributed by atoms with van der Waals surface area (Å²) in [5.41, 5.74) is 2.98. The number of hydrogen-bond donors (Lipinski definition) is 0. The molecule has 0 bridgehead atoms. The van der Waals surface area contributed by atoms with E-state index in [1.165, 1.54) is 111 Å². The van der Waals surface area contributed by atoms with E-state index in [4.69, 9.17) is 4.74 Å². The highest BCUT2D eigenvalue weighted by molar-refractivity contribution is 7.82. The maximum atomic E-state index is 11.2. The van der Waals surface area contributed by atoms with Crippen LogP contribution in [0.1, 0.15) is 129 Å². The highest BCUT2D eigenvalue weighted by Crippen LogP contribution is 2.62. The van der Waals surface area contributed by atoms with E-state index >= 15 is 0 Å². The Kier molecular flexibility index (Phi) is 14.7. The SMILES string of the molecule is C1CCC(PC2CCCCC2)CC1.C1CCCC1.CC(=O)O[C@H](C)C1CCCC1[P+](C)(C)c1ccccc1. The van der Waals surface area contributed by atoms with Crippen LogP contribution in [0.5, 0.6) is 0 Å². The van der Waals surface area contributed by atoms with Crippen LogP contribution in [0, 0.1) is 5.92 Å². The second kappa shape index (κ2) is 17.4. The van der Waals surface area contributed by atoms with Gasteiger partial charge in [0.05, 0.1) is 24.3 Å². The Morgan fingerprint density at radius 2 is 1.21 bits per heavy atom. The summed E-state index contributed by atoms with van der Waals surface area (Å²) in [5, 5.41) is 1.49. The standard InChI is InChI=1S/C17H26O2P.C12H23P.C5H10/c1-13(19-14(2)18)16-11-8-12-17(16)20(3,4)15-9-6-5-7-10-15;1-3-7-11(8-4-1)13-12-9-5-2-6-10-12;1-2-4-5-3-1/h5-7,9-10,13,16-17H,8,11-12H2,1-4H3;11-13H,1-10H2;1-5H2/q+1;;/t13-,16?,17?;;/m1../s1. The van der Waals surface area contributed by atoms with Crippen LogP contribution in [0.25, 0.3) is 0 Å². The van der Waals surface area contributed by atoms with Crippen molar-refractivity contribution in [2.75, 3.05) is 13.3 Å². The van der Waals surface area contributed by atoms with E-state index in [1.54, 1.807) is 25.7 Å². The molecule has 0 radical (unpaired) electrons. The van der Waals surface area contributed by atoms with E-state index in [2.05, 4.69) is 50.6 Å². The van der Waals surface area contributed by atoms with E-state index in [-0.39, 0.29) is 12.1 Å². The summed E-state index contributed by atoms with van der Waals surface area (Å²) in [7, 11) is 0.143. The minimum atomic E-state index is -1.19. The number of benzene rings is 1. The maximum absolute atomic E-state index is 11.2. The van der Waals surface area contributed by atoms with Crippen molar-refractivity contribution in [3.63, 3.8) is 0 Å². The van der Waals surface area contributed by atoms with Crippen molar-refractivity contribution in [1.29, 1.82) is 0 Å². The van der Waals surface area contributed by atoms with Crippen molar-refractivity contribution in [2.24, 2.45) is 5.92 Å². The lowest BCUT2D eigenvalue weighted by Gasteiger charge is -2.32. The minimum absolute atomic E-state index is 0.0444. The molecule has 0 amide bonds. The van der Waals surface area contributed by atoms with Crippen LogP contribution in [0.3, 0.4) is 0 Å². The maximum Gasteiger partial charge on any atom is 0.302 e. The molecule has 3 atom stereocenters. The predicted molar refractivity (Wildman–Crippen MR) is 172 cm³/mol. The topological polar surface area (TPSA) is 26.3 Å². The van der Waals surface area contributed by atoms with Crippen LogP contribution >= 0.6 is 15.8 Å². The Labute approximate surface area is 238 Å². The first-order valence-corrected chi connectivity index (χ1v) is 20.1. The molecule has 216 valence electrons. The molecule has 5 rings (SSSR count). The van der Waals surface area contributed by atoms with E-state index in [0.29, 0.717) is 11.6 Å². The Morgan fingerprint density at radius 3 is 1.68 bits per heavy atom. The number of carbonyl (C=O) groups excluding carboxylic acids is 1. The molecule has 4 heteroatoms. The Morgan fingerprint density at radius 1 is 0.737 bits per heavy atom. The summed E-state index contributed by atoms with van der Waals surface area (Å²) in [6.07, 6.45) is 26.7. The molecule has 0 saturated heterocycles. The van der Waals surface area contributed by atoms with E-state index in [0.717, 1.165) is 11.3 Å². The highest BCUT2D eigenvalue weighted by atomic mass is 31.2. The third-order valence-corrected chi connectivity index (χ3v) is 15.7. The Bertz CT molecular complexity index is 740. The van der Waals surface area contributed by atoms with Gasteiger partial charge in [-0.25, -0.2) is 0 Å². The smallest absolute Gasteiger partial charge is 0.302 e. The van der Waals surface area contributed by atoms with Gasteiger partial charge in [-0.1, -0.05) is 88.8 Å². The first-order chi connectivity index (χ1) is 18.4. The lowest BCUT2D eigenvalue weighted by Crippen LogP contribution is -2.33. The van der Waals surface area contributed by atoms with Crippen molar-refractivity contribution in [3.05, 3.63) is 30.3 Å².